The minimum atomic E-state index is -0.263. The molecule has 4 rings (SSSR count). The number of hydrazine groups is 1. The number of anilines is 1. The molecule has 0 saturated heterocycles. The molecule has 1 aliphatic heterocycles. The summed E-state index contributed by atoms with van der Waals surface area (Å²) in [5.41, 5.74) is 14.6. The summed E-state index contributed by atoms with van der Waals surface area (Å²) in [5, 5.41) is 2.43. The predicted molar refractivity (Wildman–Crippen MR) is 110 cm³/mol. The standard InChI is InChI=1S/C22H22N4O/c1-22(2)13-19-17-9-4-3-6-14(17)10-11-18(19)20(24-22)25-26-21(27)15-7-5-8-16(23)12-15/h3-12H,13,23H2,1-2H3,(H,24,25)(H,26,27). The van der Waals surface area contributed by atoms with Crippen LogP contribution in [0.4, 0.5) is 5.69 Å². The zero-order valence-electron chi connectivity index (χ0n) is 15.4. The molecule has 0 fully saturated rings. The summed E-state index contributed by atoms with van der Waals surface area (Å²) in [6, 6.07) is 19.4. The van der Waals surface area contributed by atoms with Crippen LogP contribution in [-0.4, -0.2) is 17.3 Å². The van der Waals surface area contributed by atoms with E-state index in [4.69, 9.17) is 10.7 Å². The Morgan fingerprint density at radius 1 is 1.07 bits per heavy atom. The van der Waals surface area contributed by atoms with Crippen molar-refractivity contribution in [3.05, 3.63) is 77.4 Å². The number of nitrogens with zero attached hydrogens (tertiary/aromatic N) is 1. The van der Waals surface area contributed by atoms with E-state index in [1.54, 1.807) is 24.3 Å². The fourth-order valence-corrected chi connectivity index (χ4v) is 3.55. The Morgan fingerprint density at radius 3 is 2.70 bits per heavy atom. The lowest BCUT2D eigenvalue weighted by molar-refractivity contribution is 0.0943. The van der Waals surface area contributed by atoms with E-state index >= 15 is 0 Å². The zero-order valence-corrected chi connectivity index (χ0v) is 15.4. The maximum absolute atomic E-state index is 12.4. The summed E-state index contributed by atoms with van der Waals surface area (Å²) in [4.78, 5) is 17.3. The number of carbonyl (C=O) groups excluding carboxylic acids is 1. The number of nitrogen functional groups attached to an aromatic ring is 1. The lowest BCUT2D eigenvalue weighted by atomic mass is 9.85. The normalized spacial score (nSPS) is 15.0. The number of hydrogen-bond donors (Lipinski definition) is 3. The van der Waals surface area contributed by atoms with Crippen molar-refractivity contribution in [3.63, 3.8) is 0 Å². The van der Waals surface area contributed by atoms with Crippen LogP contribution in [-0.2, 0) is 6.42 Å². The van der Waals surface area contributed by atoms with Gasteiger partial charge in [-0.25, -0.2) is 0 Å². The van der Waals surface area contributed by atoms with Gasteiger partial charge < -0.3 is 5.73 Å². The number of nitrogens with two attached hydrogens (primary N) is 1. The van der Waals surface area contributed by atoms with Crippen molar-refractivity contribution in [3.8, 4) is 0 Å². The number of carbonyl (C=O) groups is 1. The predicted octanol–water partition coefficient (Wildman–Crippen LogP) is 3.44. The van der Waals surface area contributed by atoms with E-state index in [-0.39, 0.29) is 11.4 Å². The highest BCUT2D eigenvalue weighted by Crippen LogP contribution is 2.31. The largest absolute Gasteiger partial charge is 0.399 e. The zero-order chi connectivity index (χ0) is 19.0. The molecule has 27 heavy (non-hydrogen) atoms. The quantitative estimate of drug-likeness (QED) is 0.460. The Balaban J connectivity index is 1.66. The van der Waals surface area contributed by atoms with Gasteiger partial charge in [-0.2, -0.15) is 0 Å². The van der Waals surface area contributed by atoms with E-state index in [1.165, 1.54) is 16.3 Å². The lowest BCUT2D eigenvalue weighted by Crippen LogP contribution is -2.45. The van der Waals surface area contributed by atoms with Crippen molar-refractivity contribution >= 4 is 28.2 Å². The van der Waals surface area contributed by atoms with Crippen molar-refractivity contribution in [2.75, 3.05) is 5.73 Å². The Kier molecular flexibility index (Phi) is 4.07. The molecule has 5 nitrogen and oxygen atoms in total. The second-order valence-electron chi connectivity index (χ2n) is 7.47. The molecular weight excluding hydrogens is 336 g/mol. The van der Waals surface area contributed by atoms with Crippen molar-refractivity contribution < 1.29 is 4.79 Å². The SMILES string of the molecule is CC1(C)Cc2c(ccc3ccccc23)C(NNC(=O)c2cccc(N)c2)=N1. The van der Waals surface area contributed by atoms with Crippen LogP contribution in [0.5, 0.6) is 0 Å². The highest BCUT2D eigenvalue weighted by molar-refractivity contribution is 6.07. The van der Waals surface area contributed by atoms with Gasteiger partial charge in [-0.05, 0) is 54.8 Å². The monoisotopic (exact) mass is 358 g/mol. The summed E-state index contributed by atoms with van der Waals surface area (Å²) >= 11 is 0. The average molecular weight is 358 g/mol. The molecule has 1 heterocycles. The molecule has 1 aliphatic rings. The Hall–Kier alpha value is -3.34. The third-order valence-electron chi connectivity index (χ3n) is 4.76. The fraction of sp³-hybridized carbons (Fsp3) is 0.182. The van der Waals surface area contributed by atoms with Crippen LogP contribution in [0.25, 0.3) is 10.8 Å². The molecule has 0 aliphatic carbocycles. The van der Waals surface area contributed by atoms with Gasteiger partial charge in [0.15, 0.2) is 0 Å². The highest BCUT2D eigenvalue weighted by Gasteiger charge is 2.28. The van der Waals surface area contributed by atoms with Gasteiger partial charge in [0.2, 0.25) is 0 Å². The first-order chi connectivity index (χ1) is 12.9. The summed E-state index contributed by atoms with van der Waals surface area (Å²) in [6.45, 7) is 4.19. The lowest BCUT2D eigenvalue weighted by Gasteiger charge is -2.30. The number of rotatable bonds is 1. The minimum Gasteiger partial charge on any atom is -0.399 e. The highest BCUT2D eigenvalue weighted by atomic mass is 16.2. The molecule has 0 unspecified atom stereocenters. The first-order valence-corrected chi connectivity index (χ1v) is 8.96. The van der Waals surface area contributed by atoms with E-state index in [0.29, 0.717) is 17.1 Å². The van der Waals surface area contributed by atoms with E-state index in [0.717, 1.165) is 12.0 Å². The minimum absolute atomic E-state index is 0.254. The van der Waals surface area contributed by atoms with Crippen LogP contribution in [0.2, 0.25) is 0 Å². The van der Waals surface area contributed by atoms with Crippen LogP contribution >= 0.6 is 0 Å². The van der Waals surface area contributed by atoms with Gasteiger partial charge >= 0.3 is 0 Å². The second kappa shape index (κ2) is 6.43. The van der Waals surface area contributed by atoms with Crippen molar-refractivity contribution in [2.24, 2.45) is 4.99 Å². The number of amidine groups is 1. The summed E-state index contributed by atoms with van der Waals surface area (Å²) < 4.78 is 0. The molecule has 1 amide bonds. The Bertz CT molecular complexity index is 1070. The molecule has 0 spiro atoms. The van der Waals surface area contributed by atoms with Gasteiger partial charge in [-0.1, -0.05) is 42.5 Å². The van der Waals surface area contributed by atoms with Crippen LogP contribution < -0.4 is 16.6 Å². The first-order valence-electron chi connectivity index (χ1n) is 8.96. The van der Waals surface area contributed by atoms with E-state index < -0.39 is 0 Å². The first kappa shape index (κ1) is 17.1. The molecule has 5 heteroatoms. The average Bonchev–Trinajstić information content (AvgIpc) is 2.65. The molecular formula is C22H22N4O. The third-order valence-corrected chi connectivity index (χ3v) is 4.76. The van der Waals surface area contributed by atoms with Gasteiger partial charge in [0.1, 0.15) is 5.84 Å². The molecule has 0 saturated carbocycles. The van der Waals surface area contributed by atoms with Crippen LogP contribution in [0, 0.1) is 0 Å². The van der Waals surface area contributed by atoms with Crippen molar-refractivity contribution in [1.82, 2.24) is 10.9 Å². The number of nitrogens with one attached hydrogen (secondary N) is 2. The summed E-state index contributed by atoms with van der Waals surface area (Å²) in [6.07, 6.45) is 0.845. The molecule has 0 aromatic heterocycles. The van der Waals surface area contributed by atoms with Gasteiger partial charge in [0, 0.05) is 16.8 Å². The number of fused-ring (bicyclic) bond motifs is 3. The smallest absolute Gasteiger partial charge is 0.269 e. The van der Waals surface area contributed by atoms with Crippen LogP contribution in [0.3, 0.4) is 0 Å². The topological polar surface area (TPSA) is 79.5 Å². The van der Waals surface area contributed by atoms with Gasteiger partial charge in [0.05, 0.1) is 5.54 Å². The van der Waals surface area contributed by atoms with Crippen LogP contribution in [0.1, 0.15) is 35.3 Å². The van der Waals surface area contributed by atoms with Crippen molar-refractivity contribution in [1.29, 1.82) is 0 Å². The molecule has 4 N–H and O–H groups in total. The van der Waals surface area contributed by atoms with Crippen LogP contribution in [0.15, 0.2) is 65.7 Å². The number of aliphatic imine (C=N–C) groups is 1. The van der Waals surface area contributed by atoms with Crippen molar-refractivity contribution in [2.45, 2.75) is 25.8 Å². The summed E-state index contributed by atoms with van der Waals surface area (Å²) in [5.74, 6) is 0.417. The Morgan fingerprint density at radius 2 is 1.89 bits per heavy atom. The summed E-state index contributed by atoms with van der Waals surface area (Å²) in [7, 11) is 0. The number of benzene rings is 3. The molecule has 3 aromatic rings. The van der Waals surface area contributed by atoms with E-state index in [9.17, 15) is 4.79 Å². The van der Waals surface area contributed by atoms with E-state index in [2.05, 4.69) is 55.0 Å². The molecule has 0 bridgehead atoms. The fourth-order valence-electron chi connectivity index (χ4n) is 3.55. The number of amides is 1. The third kappa shape index (κ3) is 3.36. The molecule has 0 radical (unpaired) electrons. The maximum Gasteiger partial charge on any atom is 0.269 e. The number of hydrogen-bond acceptors (Lipinski definition) is 4. The molecule has 136 valence electrons. The molecule has 0 atom stereocenters. The van der Waals surface area contributed by atoms with E-state index in [1.807, 2.05) is 6.07 Å². The van der Waals surface area contributed by atoms with Gasteiger partial charge in [-0.15, -0.1) is 0 Å². The second-order valence-corrected chi connectivity index (χ2v) is 7.47. The molecule has 3 aromatic carbocycles. The van der Waals surface area contributed by atoms with Gasteiger partial charge in [0.25, 0.3) is 5.91 Å². The maximum atomic E-state index is 12.4. The van der Waals surface area contributed by atoms with Gasteiger partial charge in [-0.3, -0.25) is 20.6 Å². The Labute approximate surface area is 158 Å².